The number of carboxylic acids is 2. The van der Waals surface area contributed by atoms with Crippen LogP contribution in [0.4, 0.5) is 5.69 Å². The number of aromatic nitrogens is 1. The van der Waals surface area contributed by atoms with E-state index < -0.39 is 23.7 Å². The van der Waals surface area contributed by atoms with Crippen molar-refractivity contribution in [3.63, 3.8) is 0 Å². The number of carboxylic acid groups (broad SMARTS) is 2. The summed E-state index contributed by atoms with van der Waals surface area (Å²) in [5, 5.41) is 46.7. The summed E-state index contributed by atoms with van der Waals surface area (Å²) in [6, 6.07) is 30.6. The van der Waals surface area contributed by atoms with Crippen LogP contribution in [-0.4, -0.2) is 22.4 Å². The van der Waals surface area contributed by atoms with Gasteiger partial charge in [0.1, 0.15) is 6.07 Å². The van der Waals surface area contributed by atoms with Crippen LogP contribution in [0.25, 0.3) is 33.3 Å². The van der Waals surface area contributed by atoms with Crippen LogP contribution in [0.15, 0.2) is 133 Å². The molecular weight excluding hydrogens is 689 g/mol. The molecule has 52 heavy (non-hydrogen) atoms. The van der Waals surface area contributed by atoms with Crippen LogP contribution in [0.2, 0.25) is 0 Å². The van der Waals surface area contributed by atoms with Crippen LogP contribution in [-0.2, 0) is 4.79 Å². The minimum Gasteiger partial charge on any atom is -0.859 e. The molecule has 0 unspecified atom stereocenters. The molecule has 0 radical (unpaired) electrons. The van der Waals surface area contributed by atoms with Crippen LogP contribution in [0.3, 0.4) is 0 Å². The molecule has 0 saturated carbocycles. The van der Waals surface area contributed by atoms with E-state index >= 15 is 0 Å². The third-order valence-corrected chi connectivity index (χ3v) is 7.88. The maximum absolute atomic E-state index is 13.8. The summed E-state index contributed by atoms with van der Waals surface area (Å²) in [5.41, 5.74) is 2.59. The van der Waals surface area contributed by atoms with Crippen molar-refractivity contribution in [2.45, 2.75) is 0 Å². The van der Waals surface area contributed by atoms with E-state index in [0.717, 1.165) is 0 Å². The molecule has 1 aromatic heterocycles. The smallest absolute Gasteiger partial charge is 0.859 e. The Morgan fingerprint density at radius 2 is 1.25 bits per heavy atom. The molecule has 0 saturated heterocycles. The molecule has 6 rings (SSSR count). The first-order valence-electron chi connectivity index (χ1n) is 14.7. The molecule has 2 heterocycles. The number of carbonyl (C=O) groups is 3. The van der Waals surface area contributed by atoms with Crippen molar-refractivity contribution in [2.24, 2.45) is 0 Å². The second-order valence-electron chi connectivity index (χ2n) is 10.7. The Morgan fingerprint density at radius 3 is 1.73 bits per heavy atom. The minimum atomic E-state index is -1.39. The number of aromatic carboxylic acids is 2. The van der Waals surface area contributed by atoms with Gasteiger partial charge < -0.3 is 29.5 Å². The van der Waals surface area contributed by atoms with Crippen LogP contribution >= 0.6 is 0 Å². The van der Waals surface area contributed by atoms with Crippen molar-refractivity contribution in [1.82, 2.24) is 4.57 Å². The van der Waals surface area contributed by atoms with E-state index in [9.17, 15) is 35.0 Å². The standard InChI is InChI=1S/C39H24N4O6.3Na/c1-41-35-34(25-11-6-3-7-12-25)32(43(37(35)45)29-21-17-27(18-22-29)39(48)49)14-8-13-31-33(24-9-4-2-5-10-24)30(23-40)36(44)42(31)28-19-15-26(16-20-28)38(46)47;;;/h2-22,44H,(H,46,47)(H,48,49);;;/q;3*+1/p-3/b13-8+,32-14+;;;. The molecule has 0 spiro atoms. The zero-order chi connectivity index (χ0) is 34.7. The number of hydrogen-bond donors (Lipinski definition) is 0. The average Bonchev–Trinajstić information content (AvgIpc) is 3.57. The Bertz CT molecular complexity index is 2320. The van der Waals surface area contributed by atoms with Gasteiger partial charge in [-0.05, 0) is 64.6 Å². The number of hydrogen-bond acceptors (Lipinski definition) is 7. The van der Waals surface area contributed by atoms with Crippen molar-refractivity contribution in [3.05, 3.63) is 172 Å². The number of amides is 1. The van der Waals surface area contributed by atoms with Gasteiger partial charge in [-0.15, -0.1) is 0 Å². The summed E-state index contributed by atoms with van der Waals surface area (Å²) < 4.78 is 1.30. The largest absolute Gasteiger partial charge is 1.00 e. The molecule has 1 aliphatic rings. The SMILES string of the molecule is [C-]#[N+]C1=C(c2ccccc2)/C(=C\C=C\c2c(-c3ccccc3)c(C#N)c([O-])n2-c2ccc(C(=O)[O-])cc2)N(c2ccc(C(=O)[O-])cc2)C1=O.[Na+].[Na+].[Na+]. The normalized spacial score (nSPS) is 12.8. The predicted octanol–water partition coefficient (Wildman–Crippen LogP) is -4.90. The van der Waals surface area contributed by atoms with Crippen molar-refractivity contribution in [3.8, 4) is 28.8 Å². The molecule has 0 bridgehead atoms. The Morgan fingerprint density at radius 1 is 0.750 bits per heavy atom. The van der Waals surface area contributed by atoms with E-state index in [4.69, 9.17) is 6.57 Å². The Labute approximate surface area is 365 Å². The number of benzene rings is 4. The van der Waals surface area contributed by atoms with Gasteiger partial charge >= 0.3 is 88.7 Å². The van der Waals surface area contributed by atoms with Crippen molar-refractivity contribution >= 4 is 35.2 Å². The van der Waals surface area contributed by atoms with Crippen LogP contribution in [0.1, 0.15) is 37.5 Å². The Balaban J connectivity index is 0.00000243. The molecule has 13 heteroatoms. The van der Waals surface area contributed by atoms with Crippen molar-refractivity contribution in [2.75, 3.05) is 4.90 Å². The topological polar surface area (TPSA) is 157 Å². The third kappa shape index (κ3) is 8.12. The molecule has 0 fully saturated rings. The number of nitriles is 1. The van der Waals surface area contributed by atoms with E-state index in [1.54, 1.807) is 78.9 Å². The molecule has 1 aliphatic heterocycles. The number of rotatable bonds is 8. The van der Waals surface area contributed by atoms with Gasteiger partial charge in [0.2, 0.25) is 0 Å². The first kappa shape index (κ1) is 42.0. The van der Waals surface area contributed by atoms with Gasteiger partial charge in [-0.25, -0.2) is 4.85 Å². The van der Waals surface area contributed by atoms with Crippen LogP contribution in [0.5, 0.6) is 5.88 Å². The van der Waals surface area contributed by atoms with Gasteiger partial charge in [0.25, 0.3) is 11.6 Å². The Hall–Kier alpha value is -4.43. The fourth-order valence-electron chi connectivity index (χ4n) is 5.67. The predicted molar refractivity (Wildman–Crippen MR) is 175 cm³/mol. The summed E-state index contributed by atoms with van der Waals surface area (Å²) >= 11 is 0. The zero-order valence-corrected chi connectivity index (χ0v) is 34.4. The van der Waals surface area contributed by atoms with Crippen LogP contribution in [0, 0.1) is 17.9 Å². The molecule has 236 valence electrons. The summed E-state index contributed by atoms with van der Waals surface area (Å²) in [6.45, 7) is 7.87. The maximum Gasteiger partial charge on any atom is 1.00 e. The zero-order valence-electron chi connectivity index (χ0n) is 28.4. The monoisotopic (exact) mass is 710 g/mol. The molecule has 4 aromatic carbocycles. The number of nitrogens with zero attached hydrogens (tertiary/aromatic N) is 4. The minimum absolute atomic E-state index is 0. The molecule has 1 amide bonds. The summed E-state index contributed by atoms with van der Waals surface area (Å²) in [5.74, 6) is -4.02. The number of allylic oxidation sites excluding steroid dienone is 3. The fourth-order valence-corrected chi connectivity index (χ4v) is 5.67. The molecular formula is C39H21N4Na3O6. The number of carbonyl (C=O) groups excluding carboxylic acids is 3. The first-order valence-corrected chi connectivity index (χ1v) is 14.7. The van der Waals surface area contributed by atoms with Gasteiger partial charge in [0.15, 0.2) is 0 Å². The van der Waals surface area contributed by atoms with Gasteiger partial charge in [-0.2, -0.15) is 5.26 Å². The molecule has 10 nitrogen and oxygen atoms in total. The maximum atomic E-state index is 13.8. The summed E-state index contributed by atoms with van der Waals surface area (Å²) in [7, 11) is 0. The van der Waals surface area contributed by atoms with E-state index in [-0.39, 0.29) is 111 Å². The summed E-state index contributed by atoms with van der Waals surface area (Å²) in [6.07, 6.45) is 4.76. The quantitative estimate of drug-likeness (QED) is 0.116. The fraction of sp³-hybridized carbons (Fsp3) is 0. The molecule has 5 aromatic rings. The van der Waals surface area contributed by atoms with Gasteiger partial charge in [-0.1, -0.05) is 91.0 Å². The second kappa shape index (κ2) is 18.4. The second-order valence-corrected chi connectivity index (χ2v) is 10.7. The Kier molecular flexibility index (Phi) is 14.8. The van der Waals surface area contributed by atoms with E-state index in [1.165, 1.54) is 58.0 Å². The molecule has 0 N–H and O–H groups in total. The van der Waals surface area contributed by atoms with Gasteiger partial charge in [0, 0.05) is 28.2 Å². The first-order chi connectivity index (χ1) is 23.7. The third-order valence-electron chi connectivity index (χ3n) is 7.88. The van der Waals surface area contributed by atoms with E-state index in [1.807, 2.05) is 6.07 Å². The molecule has 0 atom stereocenters. The average molecular weight is 711 g/mol. The van der Waals surface area contributed by atoms with Gasteiger partial charge in [-0.3, -0.25) is 9.69 Å². The molecule has 0 aliphatic carbocycles. The van der Waals surface area contributed by atoms with Crippen molar-refractivity contribution in [1.29, 1.82) is 5.26 Å². The number of anilines is 1. The van der Waals surface area contributed by atoms with Crippen molar-refractivity contribution < 1.29 is 118 Å². The van der Waals surface area contributed by atoms with E-state index in [0.29, 0.717) is 45.0 Å². The van der Waals surface area contributed by atoms with Gasteiger partial charge in [0.05, 0.1) is 29.8 Å². The summed E-state index contributed by atoms with van der Waals surface area (Å²) in [4.78, 5) is 41.4. The van der Waals surface area contributed by atoms with Crippen LogP contribution < -0.4 is 109 Å². The van der Waals surface area contributed by atoms with E-state index in [2.05, 4.69) is 4.85 Å².